The first-order valence-electron chi connectivity index (χ1n) is 10.1. The highest BCUT2D eigenvalue weighted by atomic mass is 32.2. The standard InChI is InChI=1S/C21H27N5O2S2/c1-14-8-25(9-15(2)28-14)10-16-12-30-21(22-16)24-20(27)11-26-18-7-5-4-6-17(18)23-19(26)13-29-3/h4-7,12,14-15H,8-11,13H2,1-3H3,(H,22,24,27). The minimum absolute atomic E-state index is 0.0879. The van der Waals surface area contributed by atoms with Crippen LogP contribution in [0.15, 0.2) is 29.6 Å². The smallest absolute Gasteiger partial charge is 0.246 e. The Morgan fingerprint density at radius 2 is 2.03 bits per heavy atom. The molecule has 2 aromatic heterocycles. The summed E-state index contributed by atoms with van der Waals surface area (Å²) >= 11 is 3.17. The number of thioether (sulfide) groups is 1. The molecule has 1 aliphatic heterocycles. The van der Waals surface area contributed by atoms with Crippen LogP contribution in [0, 0.1) is 0 Å². The van der Waals surface area contributed by atoms with Crippen LogP contribution in [-0.2, 0) is 28.4 Å². The van der Waals surface area contributed by atoms with Gasteiger partial charge in [-0.25, -0.2) is 9.97 Å². The van der Waals surface area contributed by atoms with Gasteiger partial charge < -0.3 is 14.6 Å². The normalized spacial score (nSPS) is 20.0. The molecule has 0 aliphatic carbocycles. The van der Waals surface area contributed by atoms with Crippen LogP contribution in [0.5, 0.6) is 0 Å². The molecule has 3 aromatic rings. The summed E-state index contributed by atoms with van der Waals surface area (Å²) in [5, 5.41) is 5.62. The highest BCUT2D eigenvalue weighted by Gasteiger charge is 2.23. The number of hydrogen-bond acceptors (Lipinski definition) is 7. The number of para-hydroxylation sites is 2. The van der Waals surface area contributed by atoms with Crippen LogP contribution in [0.25, 0.3) is 11.0 Å². The van der Waals surface area contributed by atoms with Gasteiger partial charge in [0.1, 0.15) is 12.4 Å². The van der Waals surface area contributed by atoms with Crippen LogP contribution in [0.1, 0.15) is 25.4 Å². The fourth-order valence-electron chi connectivity index (χ4n) is 3.92. The Bertz CT molecular complexity index is 1010. The van der Waals surface area contributed by atoms with E-state index >= 15 is 0 Å². The Morgan fingerprint density at radius 1 is 1.27 bits per heavy atom. The molecule has 0 radical (unpaired) electrons. The lowest BCUT2D eigenvalue weighted by atomic mass is 10.2. The van der Waals surface area contributed by atoms with Crippen LogP contribution in [0.2, 0.25) is 0 Å². The minimum atomic E-state index is -0.0879. The second kappa shape index (κ2) is 9.47. The number of carbonyl (C=O) groups excluding carboxylic acids is 1. The van der Waals surface area contributed by atoms with Gasteiger partial charge >= 0.3 is 0 Å². The van der Waals surface area contributed by atoms with Crippen molar-refractivity contribution in [2.75, 3.05) is 24.7 Å². The number of carbonyl (C=O) groups is 1. The molecule has 1 fully saturated rings. The number of benzene rings is 1. The lowest BCUT2D eigenvalue weighted by Crippen LogP contribution is -2.44. The first-order valence-corrected chi connectivity index (χ1v) is 12.3. The Hall–Kier alpha value is -1.94. The highest BCUT2D eigenvalue weighted by Crippen LogP contribution is 2.21. The summed E-state index contributed by atoms with van der Waals surface area (Å²) in [7, 11) is 0. The Balaban J connectivity index is 1.41. The lowest BCUT2D eigenvalue weighted by molar-refractivity contribution is -0.116. The summed E-state index contributed by atoms with van der Waals surface area (Å²) in [5.74, 6) is 1.59. The number of imidazole rings is 1. The molecule has 7 nitrogen and oxygen atoms in total. The molecule has 160 valence electrons. The van der Waals surface area contributed by atoms with Crippen LogP contribution in [-0.4, -0.2) is 56.9 Å². The molecule has 30 heavy (non-hydrogen) atoms. The molecular weight excluding hydrogens is 418 g/mol. The summed E-state index contributed by atoms with van der Waals surface area (Å²) in [6.45, 7) is 6.99. The second-order valence-electron chi connectivity index (χ2n) is 7.68. The van der Waals surface area contributed by atoms with Crippen molar-refractivity contribution < 1.29 is 9.53 Å². The zero-order chi connectivity index (χ0) is 21.1. The molecule has 2 atom stereocenters. The molecule has 1 amide bonds. The third-order valence-electron chi connectivity index (χ3n) is 4.99. The molecule has 1 aromatic carbocycles. The summed E-state index contributed by atoms with van der Waals surface area (Å²) in [6.07, 6.45) is 2.50. The quantitative estimate of drug-likeness (QED) is 0.599. The number of rotatable bonds is 7. The summed E-state index contributed by atoms with van der Waals surface area (Å²) in [4.78, 5) is 24.4. The zero-order valence-corrected chi connectivity index (χ0v) is 19.1. The van der Waals surface area contributed by atoms with Gasteiger partial charge in [-0.3, -0.25) is 9.69 Å². The van der Waals surface area contributed by atoms with Gasteiger partial charge in [-0.1, -0.05) is 12.1 Å². The number of thiazole rings is 1. The molecule has 0 bridgehead atoms. The number of amides is 1. The Labute approximate surface area is 184 Å². The van der Waals surface area contributed by atoms with Gasteiger partial charge in [0, 0.05) is 25.0 Å². The molecule has 1 aliphatic rings. The number of hydrogen-bond donors (Lipinski definition) is 1. The molecule has 0 saturated carbocycles. The molecule has 1 saturated heterocycles. The Kier molecular flexibility index (Phi) is 6.72. The molecule has 0 spiro atoms. The van der Waals surface area contributed by atoms with Gasteiger partial charge in [-0.05, 0) is 32.2 Å². The predicted molar refractivity (Wildman–Crippen MR) is 123 cm³/mol. The summed E-state index contributed by atoms with van der Waals surface area (Å²) in [6, 6.07) is 7.93. The van der Waals surface area contributed by atoms with Crippen molar-refractivity contribution in [3.05, 3.63) is 41.2 Å². The maximum atomic E-state index is 12.7. The Morgan fingerprint density at radius 3 is 2.80 bits per heavy atom. The molecule has 9 heteroatoms. The van der Waals surface area contributed by atoms with Crippen molar-refractivity contribution in [2.24, 2.45) is 0 Å². The van der Waals surface area contributed by atoms with Gasteiger partial charge in [-0.2, -0.15) is 11.8 Å². The van der Waals surface area contributed by atoms with E-state index in [9.17, 15) is 4.79 Å². The van der Waals surface area contributed by atoms with Crippen molar-refractivity contribution in [1.82, 2.24) is 19.4 Å². The molecule has 4 rings (SSSR count). The molecule has 2 unspecified atom stereocenters. The highest BCUT2D eigenvalue weighted by molar-refractivity contribution is 7.97. The van der Waals surface area contributed by atoms with Crippen molar-refractivity contribution in [3.63, 3.8) is 0 Å². The van der Waals surface area contributed by atoms with E-state index in [-0.39, 0.29) is 24.7 Å². The van der Waals surface area contributed by atoms with E-state index in [0.717, 1.165) is 47.9 Å². The average molecular weight is 446 g/mol. The fourth-order valence-corrected chi connectivity index (χ4v) is 5.12. The first kappa shape index (κ1) is 21.3. The van der Waals surface area contributed by atoms with Crippen LogP contribution in [0.3, 0.4) is 0 Å². The third-order valence-corrected chi connectivity index (χ3v) is 6.34. The first-order chi connectivity index (χ1) is 14.5. The number of morpholine rings is 1. The van der Waals surface area contributed by atoms with Crippen LogP contribution in [0.4, 0.5) is 5.13 Å². The van der Waals surface area contributed by atoms with Crippen molar-refractivity contribution in [1.29, 1.82) is 0 Å². The minimum Gasteiger partial charge on any atom is -0.373 e. The molecule has 3 heterocycles. The summed E-state index contributed by atoms with van der Waals surface area (Å²) < 4.78 is 7.79. The van der Waals surface area contributed by atoms with E-state index in [0.29, 0.717) is 5.13 Å². The van der Waals surface area contributed by atoms with E-state index in [1.807, 2.05) is 40.5 Å². The van der Waals surface area contributed by atoms with Crippen LogP contribution < -0.4 is 5.32 Å². The van der Waals surface area contributed by atoms with E-state index in [1.54, 1.807) is 11.8 Å². The van der Waals surface area contributed by atoms with E-state index < -0.39 is 0 Å². The number of nitrogens with zero attached hydrogens (tertiary/aromatic N) is 4. The maximum absolute atomic E-state index is 12.7. The fraction of sp³-hybridized carbons (Fsp3) is 0.476. The average Bonchev–Trinajstić information content (AvgIpc) is 3.26. The zero-order valence-electron chi connectivity index (χ0n) is 17.5. The van der Waals surface area contributed by atoms with E-state index in [1.165, 1.54) is 11.3 Å². The number of ether oxygens (including phenoxy) is 1. The van der Waals surface area contributed by atoms with Gasteiger partial charge in [0.25, 0.3) is 0 Å². The van der Waals surface area contributed by atoms with Gasteiger partial charge in [0.2, 0.25) is 5.91 Å². The van der Waals surface area contributed by atoms with E-state index in [2.05, 4.69) is 34.0 Å². The SMILES string of the molecule is CSCc1nc2ccccc2n1CC(=O)Nc1nc(CN2CC(C)OC(C)C2)cs1. The van der Waals surface area contributed by atoms with Crippen molar-refractivity contribution >= 4 is 45.2 Å². The topological polar surface area (TPSA) is 72.3 Å². The summed E-state index contributed by atoms with van der Waals surface area (Å²) in [5.41, 5.74) is 2.87. The second-order valence-corrected chi connectivity index (χ2v) is 9.40. The monoisotopic (exact) mass is 445 g/mol. The molecular formula is C21H27N5O2S2. The number of anilines is 1. The lowest BCUT2D eigenvalue weighted by Gasteiger charge is -2.34. The van der Waals surface area contributed by atoms with Crippen molar-refractivity contribution in [2.45, 2.75) is 44.9 Å². The predicted octanol–water partition coefficient (Wildman–Crippen LogP) is 3.60. The van der Waals surface area contributed by atoms with E-state index in [4.69, 9.17) is 4.74 Å². The van der Waals surface area contributed by atoms with Crippen LogP contribution >= 0.6 is 23.1 Å². The van der Waals surface area contributed by atoms with Gasteiger partial charge in [-0.15, -0.1) is 11.3 Å². The maximum Gasteiger partial charge on any atom is 0.246 e. The number of nitrogens with one attached hydrogen (secondary N) is 1. The largest absolute Gasteiger partial charge is 0.373 e. The number of aromatic nitrogens is 3. The molecule has 1 N–H and O–H groups in total. The van der Waals surface area contributed by atoms with Gasteiger partial charge in [0.05, 0.1) is 34.7 Å². The van der Waals surface area contributed by atoms with Crippen molar-refractivity contribution in [3.8, 4) is 0 Å². The third kappa shape index (κ3) is 5.03. The number of fused-ring (bicyclic) bond motifs is 1. The van der Waals surface area contributed by atoms with Gasteiger partial charge in [0.15, 0.2) is 5.13 Å².